The van der Waals surface area contributed by atoms with Crippen molar-refractivity contribution in [3.8, 4) is 11.5 Å². The van der Waals surface area contributed by atoms with Gasteiger partial charge in [0, 0.05) is 23.4 Å². The molecular weight excluding hydrogens is 487 g/mol. The predicted octanol–water partition coefficient (Wildman–Crippen LogP) is 8.38. The van der Waals surface area contributed by atoms with Gasteiger partial charge in [0.15, 0.2) is 11.5 Å². The number of hydrogen-bond donors (Lipinski definition) is 1. The summed E-state index contributed by atoms with van der Waals surface area (Å²) in [4.78, 5) is 4.70. The van der Waals surface area contributed by atoms with E-state index in [1.54, 1.807) is 18.2 Å². The Morgan fingerprint density at radius 1 is 0.923 bits per heavy atom. The standard InChI is InChI=1S/C34H31FN2O2/c1-2-38-33-20-23(14-19-32(33)39-22-25-8-3-5-12-30(25)35)21-36-26-17-15-24(16-18-26)34-29-11-7-10-27(29)28-9-4-6-13-31(28)37-34/h3-10,12-21,27,29,34,37H,2,11,22H2,1H3/t27-,29+,34+/m1/s1. The van der Waals surface area contributed by atoms with Gasteiger partial charge in [0.2, 0.25) is 0 Å². The number of benzene rings is 4. The molecule has 2 aliphatic rings. The van der Waals surface area contributed by atoms with Gasteiger partial charge >= 0.3 is 0 Å². The van der Waals surface area contributed by atoms with E-state index >= 15 is 0 Å². The van der Waals surface area contributed by atoms with E-state index in [0.29, 0.717) is 35.5 Å². The van der Waals surface area contributed by atoms with Crippen LogP contribution in [0.3, 0.4) is 0 Å². The molecule has 4 aromatic rings. The molecule has 196 valence electrons. The van der Waals surface area contributed by atoms with Crippen molar-refractivity contribution < 1.29 is 13.9 Å². The van der Waals surface area contributed by atoms with E-state index in [1.165, 1.54) is 22.9 Å². The summed E-state index contributed by atoms with van der Waals surface area (Å²) in [5.41, 5.74) is 6.17. The average Bonchev–Trinajstić information content (AvgIpc) is 3.47. The van der Waals surface area contributed by atoms with E-state index < -0.39 is 0 Å². The molecule has 4 nitrogen and oxygen atoms in total. The fourth-order valence-corrected chi connectivity index (χ4v) is 5.55. The van der Waals surface area contributed by atoms with Crippen LogP contribution in [0, 0.1) is 11.7 Å². The van der Waals surface area contributed by atoms with Crippen LogP contribution in [-0.4, -0.2) is 12.8 Å². The molecule has 0 saturated carbocycles. The van der Waals surface area contributed by atoms with Crippen molar-refractivity contribution in [1.29, 1.82) is 0 Å². The number of fused-ring (bicyclic) bond motifs is 3. The first-order valence-electron chi connectivity index (χ1n) is 13.5. The SMILES string of the molecule is CCOc1cc(C=Nc2ccc([C@@H]3Nc4ccccc4[C@H]4C=CC[C@@H]43)cc2)ccc1OCc1ccccc1F. The molecule has 0 spiro atoms. The Labute approximate surface area is 228 Å². The smallest absolute Gasteiger partial charge is 0.161 e. The van der Waals surface area contributed by atoms with Gasteiger partial charge in [-0.2, -0.15) is 0 Å². The molecule has 1 aliphatic carbocycles. The number of rotatable bonds is 8. The molecule has 39 heavy (non-hydrogen) atoms. The van der Waals surface area contributed by atoms with Gasteiger partial charge in [-0.3, -0.25) is 4.99 Å². The van der Waals surface area contributed by atoms with Crippen molar-refractivity contribution >= 4 is 17.6 Å². The molecule has 0 amide bonds. The van der Waals surface area contributed by atoms with Gasteiger partial charge in [-0.1, -0.05) is 60.7 Å². The zero-order chi connectivity index (χ0) is 26.6. The Kier molecular flexibility index (Phi) is 7.13. The van der Waals surface area contributed by atoms with Gasteiger partial charge in [-0.25, -0.2) is 4.39 Å². The van der Waals surface area contributed by atoms with Gasteiger partial charge in [0.05, 0.1) is 18.3 Å². The molecule has 0 aromatic heterocycles. The molecule has 1 N–H and O–H groups in total. The highest BCUT2D eigenvalue weighted by Gasteiger charge is 2.37. The van der Waals surface area contributed by atoms with Crippen LogP contribution in [0.25, 0.3) is 0 Å². The lowest BCUT2D eigenvalue weighted by Crippen LogP contribution is -2.28. The highest BCUT2D eigenvalue weighted by atomic mass is 19.1. The molecule has 4 aromatic carbocycles. The normalized spacial score (nSPS) is 19.4. The number of ether oxygens (including phenoxy) is 2. The van der Waals surface area contributed by atoms with Crippen LogP contribution >= 0.6 is 0 Å². The van der Waals surface area contributed by atoms with E-state index in [-0.39, 0.29) is 18.5 Å². The van der Waals surface area contributed by atoms with Crippen LogP contribution in [-0.2, 0) is 6.61 Å². The van der Waals surface area contributed by atoms with Gasteiger partial charge in [0.25, 0.3) is 0 Å². The summed E-state index contributed by atoms with van der Waals surface area (Å²) in [6.07, 6.45) is 7.59. The highest BCUT2D eigenvalue weighted by Crippen LogP contribution is 2.49. The number of para-hydroxylation sites is 1. The third-order valence-electron chi connectivity index (χ3n) is 7.50. The number of halogens is 1. The van der Waals surface area contributed by atoms with E-state index in [1.807, 2.05) is 31.3 Å². The zero-order valence-electron chi connectivity index (χ0n) is 21.9. The molecule has 0 unspecified atom stereocenters. The molecule has 6 rings (SSSR count). The molecule has 0 bridgehead atoms. The van der Waals surface area contributed by atoms with Crippen LogP contribution in [0.4, 0.5) is 15.8 Å². The lowest BCUT2D eigenvalue weighted by atomic mass is 9.77. The maximum atomic E-state index is 14.0. The summed E-state index contributed by atoms with van der Waals surface area (Å²) in [6.45, 7) is 2.55. The van der Waals surface area contributed by atoms with E-state index in [2.05, 4.69) is 66.0 Å². The molecular formula is C34H31FN2O2. The number of nitrogens with zero attached hydrogens (tertiary/aromatic N) is 1. The van der Waals surface area contributed by atoms with Crippen molar-refractivity contribution in [3.63, 3.8) is 0 Å². The molecule has 3 atom stereocenters. The van der Waals surface area contributed by atoms with Gasteiger partial charge < -0.3 is 14.8 Å². The number of hydrogen-bond acceptors (Lipinski definition) is 4. The molecule has 1 heterocycles. The first kappa shape index (κ1) is 24.9. The van der Waals surface area contributed by atoms with Gasteiger partial charge in [-0.15, -0.1) is 0 Å². The molecule has 0 radical (unpaired) electrons. The summed E-state index contributed by atoms with van der Waals surface area (Å²) < 4.78 is 25.7. The quantitative estimate of drug-likeness (QED) is 0.188. The van der Waals surface area contributed by atoms with E-state index in [0.717, 1.165) is 17.7 Å². The first-order chi connectivity index (χ1) is 19.2. The second-order valence-electron chi connectivity index (χ2n) is 9.93. The molecule has 5 heteroatoms. The second-order valence-corrected chi connectivity index (χ2v) is 9.93. The van der Waals surface area contributed by atoms with Crippen molar-refractivity contribution in [1.82, 2.24) is 0 Å². The third kappa shape index (κ3) is 5.30. The number of aliphatic imine (C=N–C) groups is 1. The second kappa shape index (κ2) is 11.2. The largest absolute Gasteiger partial charge is 0.490 e. The average molecular weight is 519 g/mol. The number of nitrogens with one attached hydrogen (secondary N) is 1. The summed E-state index contributed by atoms with van der Waals surface area (Å²) in [6, 6.07) is 29.7. The van der Waals surface area contributed by atoms with Crippen molar-refractivity contribution in [2.24, 2.45) is 10.9 Å². The fraction of sp³-hybridized carbons (Fsp3) is 0.206. The summed E-state index contributed by atoms with van der Waals surface area (Å²) in [7, 11) is 0. The lowest BCUT2D eigenvalue weighted by Gasteiger charge is -2.37. The lowest BCUT2D eigenvalue weighted by molar-refractivity contribution is 0.266. The number of anilines is 1. The minimum Gasteiger partial charge on any atom is -0.490 e. The number of allylic oxidation sites excluding steroid dienone is 2. The third-order valence-corrected chi connectivity index (χ3v) is 7.50. The topological polar surface area (TPSA) is 42.8 Å². The highest BCUT2D eigenvalue weighted by molar-refractivity contribution is 5.83. The minimum absolute atomic E-state index is 0.131. The summed E-state index contributed by atoms with van der Waals surface area (Å²) in [5.74, 6) is 1.88. The van der Waals surface area contributed by atoms with Crippen molar-refractivity contribution in [3.05, 3.63) is 131 Å². The van der Waals surface area contributed by atoms with Crippen LogP contribution in [0.5, 0.6) is 11.5 Å². The van der Waals surface area contributed by atoms with E-state index in [9.17, 15) is 4.39 Å². The zero-order valence-corrected chi connectivity index (χ0v) is 21.9. The Hall–Kier alpha value is -4.38. The van der Waals surface area contributed by atoms with Crippen molar-refractivity contribution in [2.75, 3.05) is 11.9 Å². The maximum absolute atomic E-state index is 14.0. The monoisotopic (exact) mass is 518 g/mol. The van der Waals surface area contributed by atoms with Gasteiger partial charge in [-0.05, 0) is 78.4 Å². The van der Waals surface area contributed by atoms with Crippen molar-refractivity contribution in [2.45, 2.75) is 31.9 Å². The molecule has 0 saturated heterocycles. The van der Waals surface area contributed by atoms with Gasteiger partial charge in [0.1, 0.15) is 12.4 Å². The van der Waals surface area contributed by atoms with Crippen LogP contribution < -0.4 is 14.8 Å². The van der Waals surface area contributed by atoms with Crippen LogP contribution in [0.1, 0.15) is 47.6 Å². The Bertz CT molecular complexity index is 1510. The molecule has 0 fully saturated rings. The Morgan fingerprint density at radius 2 is 1.74 bits per heavy atom. The molecule has 1 aliphatic heterocycles. The minimum atomic E-state index is -0.283. The van der Waals surface area contributed by atoms with E-state index in [4.69, 9.17) is 14.5 Å². The predicted molar refractivity (Wildman–Crippen MR) is 155 cm³/mol. The van der Waals surface area contributed by atoms with Crippen LogP contribution in [0.15, 0.2) is 108 Å². The summed E-state index contributed by atoms with van der Waals surface area (Å²) in [5, 5.41) is 3.78. The first-order valence-corrected chi connectivity index (χ1v) is 13.5. The van der Waals surface area contributed by atoms with Crippen LogP contribution in [0.2, 0.25) is 0 Å². The fourth-order valence-electron chi connectivity index (χ4n) is 5.55. The summed E-state index contributed by atoms with van der Waals surface area (Å²) >= 11 is 0. The maximum Gasteiger partial charge on any atom is 0.161 e. The Balaban J connectivity index is 1.15. The Morgan fingerprint density at radius 3 is 2.59 bits per heavy atom.